The number of alkyl halides is 1. The van der Waals surface area contributed by atoms with Gasteiger partial charge in [0.25, 0.3) is 0 Å². The van der Waals surface area contributed by atoms with E-state index in [0.717, 1.165) is 19.3 Å². The molecule has 15 heavy (non-hydrogen) atoms. The van der Waals surface area contributed by atoms with Crippen LogP contribution < -0.4 is 0 Å². The number of rotatable bonds is 6. The molecule has 0 aliphatic carbocycles. The van der Waals surface area contributed by atoms with Crippen LogP contribution in [0, 0.1) is 0 Å². The van der Waals surface area contributed by atoms with Crippen LogP contribution in [-0.4, -0.2) is 17.6 Å². The van der Waals surface area contributed by atoms with Gasteiger partial charge in [-0.25, -0.2) is 0 Å². The Morgan fingerprint density at radius 3 is 2.53 bits per heavy atom. The third kappa shape index (κ3) is 5.01. The van der Waals surface area contributed by atoms with Crippen LogP contribution in [0.4, 0.5) is 0 Å². The Balaban J connectivity index is 2.48. The van der Waals surface area contributed by atoms with Crippen molar-refractivity contribution in [1.82, 2.24) is 0 Å². The number of benzene rings is 1. The van der Waals surface area contributed by atoms with Crippen LogP contribution in [0.2, 0.25) is 0 Å². The maximum Gasteiger partial charge on any atom is 0.0434 e. The van der Waals surface area contributed by atoms with Crippen LogP contribution in [0.1, 0.15) is 24.0 Å². The summed E-state index contributed by atoms with van der Waals surface area (Å²) < 4.78 is 0. The molecule has 1 aromatic carbocycles. The lowest BCUT2D eigenvalue weighted by Gasteiger charge is -1.99. The van der Waals surface area contributed by atoms with Crippen LogP contribution in [0.25, 0.3) is 6.08 Å². The van der Waals surface area contributed by atoms with E-state index < -0.39 is 0 Å². The molecule has 0 saturated carbocycles. The van der Waals surface area contributed by atoms with Gasteiger partial charge in [0.2, 0.25) is 0 Å². The average Bonchev–Trinajstić information content (AvgIpc) is 2.28. The number of aliphatic hydroxyl groups excluding tert-OH is 1. The van der Waals surface area contributed by atoms with Crippen LogP contribution in [0.3, 0.4) is 0 Å². The molecule has 1 aromatic rings. The first-order valence-corrected chi connectivity index (χ1v) is 5.82. The van der Waals surface area contributed by atoms with Crippen molar-refractivity contribution in [2.75, 3.05) is 12.5 Å². The van der Waals surface area contributed by atoms with E-state index in [2.05, 4.69) is 36.4 Å². The first-order chi connectivity index (χ1) is 7.36. The molecule has 0 fully saturated rings. The van der Waals surface area contributed by atoms with Gasteiger partial charge in [0.15, 0.2) is 0 Å². The maximum absolute atomic E-state index is 8.70. The van der Waals surface area contributed by atoms with Crippen LogP contribution in [0.15, 0.2) is 30.3 Å². The van der Waals surface area contributed by atoms with E-state index in [1.54, 1.807) is 0 Å². The van der Waals surface area contributed by atoms with Crippen LogP contribution in [0.5, 0.6) is 0 Å². The van der Waals surface area contributed by atoms with Gasteiger partial charge in [0, 0.05) is 12.5 Å². The summed E-state index contributed by atoms with van der Waals surface area (Å²) in [6, 6.07) is 8.40. The fourth-order valence-corrected chi connectivity index (χ4v) is 1.49. The average molecular weight is 225 g/mol. The molecule has 0 saturated heterocycles. The number of hydrogen-bond donors (Lipinski definition) is 1. The fraction of sp³-hybridized carbons (Fsp3) is 0.385. The highest BCUT2D eigenvalue weighted by Gasteiger charge is 1.92. The number of allylic oxidation sites excluding steroid dienone is 1. The van der Waals surface area contributed by atoms with Crippen molar-refractivity contribution in [1.29, 1.82) is 0 Å². The largest absolute Gasteiger partial charge is 0.396 e. The number of aliphatic hydroxyl groups is 1. The topological polar surface area (TPSA) is 20.2 Å². The molecular weight excluding hydrogens is 208 g/mol. The summed E-state index contributed by atoms with van der Waals surface area (Å²) in [5.74, 6) is 0.672. The Kier molecular flexibility index (Phi) is 6.14. The smallest absolute Gasteiger partial charge is 0.0434 e. The molecular formula is C13H17ClO. The van der Waals surface area contributed by atoms with Crippen molar-refractivity contribution < 1.29 is 5.11 Å². The van der Waals surface area contributed by atoms with Gasteiger partial charge in [-0.15, -0.1) is 11.6 Å². The first-order valence-electron chi connectivity index (χ1n) is 5.29. The summed E-state index contributed by atoms with van der Waals surface area (Å²) in [4.78, 5) is 0. The second kappa shape index (κ2) is 7.49. The molecule has 0 bridgehead atoms. The Morgan fingerprint density at radius 2 is 1.93 bits per heavy atom. The Morgan fingerprint density at radius 1 is 1.20 bits per heavy atom. The molecule has 0 radical (unpaired) electrons. The van der Waals surface area contributed by atoms with Gasteiger partial charge in [-0.3, -0.25) is 0 Å². The van der Waals surface area contributed by atoms with Crippen LogP contribution in [-0.2, 0) is 6.42 Å². The lowest BCUT2D eigenvalue weighted by Crippen LogP contribution is -1.88. The van der Waals surface area contributed by atoms with Crippen molar-refractivity contribution >= 4 is 17.7 Å². The minimum atomic E-state index is 0.261. The molecule has 0 amide bonds. The zero-order chi connectivity index (χ0) is 10.9. The molecule has 0 unspecified atom stereocenters. The van der Waals surface area contributed by atoms with Gasteiger partial charge in [-0.2, -0.15) is 0 Å². The summed E-state index contributed by atoms with van der Waals surface area (Å²) in [6.07, 6.45) is 6.85. The summed E-state index contributed by atoms with van der Waals surface area (Å²) in [5.41, 5.74) is 2.48. The molecule has 0 aliphatic rings. The van der Waals surface area contributed by atoms with Crippen molar-refractivity contribution in [2.45, 2.75) is 19.3 Å². The molecule has 0 spiro atoms. The Labute approximate surface area is 96.4 Å². The molecule has 0 aliphatic heterocycles. The molecule has 1 N–H and O–H groups in total. The van der Waals surface area contributed by atoms with Gasteiger partial charge in [-0.1, -0.05) is 36.4 Å². The van der Waals surface area contributed by atoms with E-state index in [4.69, 9.17) is 16.7 Å². The second-order valence-electron chi connectivity index (χ2n) is 3.45. The van der Waals surface area contributed by atoms with E-state index in [9.17, 15) is 0 Å². The monoisotopic (exact) mass is 224 g/mol. The number of hydrogen-bond acceptors (Lipinski definition) is 1. The molecule has 0 atom stereocenters. The minimum Gasteiger partial charge on any atom is -0.396 e. The lowest BCUT2D eigenvalue weighted by atomic mass is 10.1. The molecule has 0 aromatic heterocycles. The third-order valence-electron chi connectivity index (χ3n) is 2.19. The normalized spacial score (nSPS) is 11.1. The third-order valence-corrected chi connectivity index (χ3v) is 2.41. The van der Waals surface area contributed by atoms with E-state index in [1.807, 2.05) is 0 Å². The van der Waals surface area contributed by atoms with E-state index in [1.165, 1.54) is 11.1 Å². The maximum atomic E-state index is 8.70. The lowest BCUT2D eigenvalue weighted by molar-refractivity contribution is 0.288. The molecule has 1 rings (SSSR count). The predicted octanol–water partition coefficient (Wildman–Crippen LogP) is 3.25. The SMILES string of the molecule is OCCCc1ccc(C=CCCCl)cc1. The minimum absolute atomic E-state index is 0.261. The van der Waals surface area contributed by atoms with E-state index >= 15 is 0 Å². The Hall–Kier alpha value is -0.790. The van der Waals surface area contributed by atoms with Gasteiger partial charge in [-0.05, 0) is 30.4 Å². The van der Waals surface area contributed by atoms with E-state index in [-0.39, 0.29) is 6.61 Å². The van der Waals surface area contributed by atoms with Gasteiger partial charge >= 0.3 is 0 Å². The highest BCUT2D eigenvalue weighted by Crippen LogP contribution is 2.08. The Bertz CT molecular complexity index is 290. The zero-order valence-corrected chi connectivity index (χ0v) is 9.58. The highest BCUT2D eigenvalue weighted by atomic mass is 35.5. The number of aryl methyl sites for hydroxylation is 1. The second-order valence-corrected chi connectivity index (χ2v) is 3.83. The highest BCUT2D eigenvalue weighted by molar-refractivity contribution is 6.17. The zero-order valence-electron chi connectivity index (χ0n) is 8.82. The van der Waals surface area contributed by atoms with Crippen molar-refractivity contribution in [2.24, 2.45) is 0 Å². The molecule has 1 nitrogen and oxygen atoms in total. The fourth-order valence-electron chi connectivity index (χ4n) is 1.36. The van der Waals surface area contributed by atoms with Gasteiger partial charge in [0.1, 0.15) is 0 Å². The molecule has 2 heteroatoms. The van der Waals surface area contributed by atoms with Gasteiger partial charge < -0.3 is 5.11 Å². The van der Waals surface area contributed by atoms with Crippen molar-refractivity contribution in [3.63, 3.8) is 0 Å². The standard InChI is InChI=1S/C13H17ClO/c14-10-2-1-4-12-6-8-13(9-7-12)5-3-11-15/h1,4,6-9,15H,2-3,5,10-11H2. The van der Waals surface area contributed by atoms with Crippen molar-refractivity contribution in [3.05, 3.63) is 41.5 Å². The molecule has 82 valence electrons. The summed E-state index contributed by atoms with van der Waals surface area (Å²) in [6.45, 7) is 0.261. The number of halogens is 1. The van der Waals surface area contributed by atoms with E-state index in [0.29, 0.717) is 5.88 Å². The predicted molar refractivity (Wildman–Crippen MR) is 66.2 cm³/mol. The summed E-state index contributed by atoms with van der Waals surface area (Å²) in [5, 5.41) is 8.70. The van der Waals surface area contributed by atoms with Crippen LogP contribution >= 0.6 is 11.6 Å². The molecule has 0 heterocycles. The first kappa shape index (κ1) is 12.3. The van der Waals surface area contributed by atoms with Gasteiger partial charge in [0.05, 0.1) is 0 Å². The summed E-state index contributed by atoms with van der Waals surface area (Å²) >= 11 is 5.58. The van der Waals surface area contributed by atoms with Crippen molar-refractivity contribution in [3.8, 4) is 0 Å². The summed E-state index contributed by atoms with van der Waals surface area (Å²) in [7, 11) is 0. The quantitative estimate of drug-likeness (QED) is 0.736.